The van der Waals surface area contributed by atoms with Crippen LogP contribution in [0.5, 0.6) is 0 Å². The molecule has 0 aliphatic rings. The van der Waals surface area contributed by atoms with Gasteiger partial charge >= 0.3 is 11.8 Å². The van der Waals surface area contributed by atoms with Gasteiger partial charge in [0.2, 0.25) is 0 Å². The van der Waals surface area contributed by atoms with Gasteiger partial charge in [-0.25, -0.2) is 13.2 Å². The van der Waals surface area contributed by atoms with E-state index in [-0.39, 0.29) is 19.7 Å². The molecule has 0 spiro atoms. The number of hydrogen-bond acceptors (Lipinski definition) is 3. The van der Waals surface area contributed by atoms with E-state index in [4.69, 9.17) is 5.11 Å². The number of carbonyl (C=O) groups is 2. The van der Waals surface area contributed by atoms with Crippen molar-refractivity contribution in [3.05, 3.63) is 65.5 Å². The molecule has 8 heteroatoms. The highest BCUT2D eigenvalue weighted by Gasteiger charge is 2.24. The lowest BCUT2D eigenvalue weighted by Gasteiger charge is -2.21. The van der Waals surface area contributed by atoms with Crippen molar-refractivity contribution >= 4 is 17.5 Å². The lowest BCUT2D eigenvalue weighted by molar-refractivity contribution is -0.143. The highest BCUT2D eigenvalue weighted by molar-refractivity contribution is 6.39. The van der Waals surface area contributed by atoms with Crippen molar-refractivity contribution in [3.63, 3.8) is 0 Å². The normalized spacial score (nSPS) is 10.4. The SMILES string of the molecule is O=C(Nc1ccc(F)c(F)c1F)C(=O)N(CCO)Cc1ccccc1. The van der Waals surface area contributed by atoms with Crippen molar-refractivity contribution in [3.8, 4) is 0 Å². The van der Waals surface area contributed by atoms with Gasteiger partial charge in [0.25, 0.3) is 0 Å². The van der Waals surface area contributed by atoms with Crippen LogP contribution in [0.4, 0.5) is 18.9 Å². The van der Waals surface area contributed by atoms with Crippen molar-refractivity contribution in [2.45, 2.75) is 6.54 Å². The highest BCUT2D eigenvalue weighted by atomic mass is 19.2. The third kappa shape index (κ3) is 4.57. The van der Waals surface area contributed by atoms with E-state index in [9.17, 15) is 22.8 Å². The lowest BCUT2D eigenvalue weighted by Crippen LogP contribution is -2.41. The molecule has 2 rings (SSSR count). The van der Waals surface area contributed by atoms with E-state index in [0.29, 0.717) is 6.07 Å². The Hall–Kier alpha value is -2.87. The zero-order chi connectivity index (χ0) is 18.4. The molecule has 0 radical (unpaired) electrons. The predicted molar refractivity (Wildman–Crippen MR) is 83.9 cm³/mol. The monoisotopic (exact) mass is 352 g/mol. The van der Waals surface area contributed by atoms with Crippen LogP contribution in [0.25, 0.3) is 0 Å². The molecule has 2 aromatic rings. The van der Waals surface area contributed by atoms with Crippen LogP contribution in [0.3, 0.4) is 0 Å². The van der Waals surface area contributed by atoms with E-state index >= 15 is 0 Å². The first-order chi connectivity index (χ1) is 11.9. The molecule has 0 fully saturated rings. The van der Waals surface area contributed by atoms with E-state index in [1.807, 2.05) is 5.32 Å². The third-order valence-electron chi connectivity index (χ3n) is 3.35. The van der Waals surface area contributed by atoms with Crippen LogP contribution in [0, 0.1) is 17.5 Å². The zero-order valence-corrected chi connectivity index (χ0v) is 13.0. The Morgan fingerprint density at radius 2 is 1.68 bits per heavy atom. The van der Waals surface area contributed by atoms with Gasteiger partial charge in [-0.2, -0.15) is 0 Å². The second-order valence-corrected chi connectivity index (χ2v) is 5.11. The Morgan fingerprint density at radius 3 is 2.32 bits per heavy atom. The molecule has 132 valence electrons. The molecule has 5 nitrogen and oxygen atoms in total. The predicted octanol–water partition coefficient (Wildman–Crippen LogP) is 2.06. The van der Waals surface area contributed by atoms with Gasteiger partial charge in [-0.1, -0.05) is 30.3 Å². The Bertz CT molecular complexity index is 769. The summed E-state index contributed by atoms with van der Waals surface area (Å²) in [6.45, 7) is -0.458. The second-order valence-electron chi connectivity index (χ2n) is 5.11. The Labute approximate surface area is 141 Å². The smallest absolute Gasteiger partial charge is 0.313 e. The molecule has 0 aliphatic heterocycles. The zero-order valence-electron chi connectivity index (χ0n) is 13.0. The van der Waals surface area contributed by atoms with Crippen LogP contribution in [0.15, 0.2) is 42.5 Å². The minimum absolute atomic E-state index is 0.0495. The van der Waals surface area contributed by atoms with Crippen LogP contribution < -0.4 is 5.32 Å². The summed E-state index contributed by atoms with van der Waals surface area (Å²) < 4.78 is 39.7. The van der Waals surface area contributed by atoms with Gasteiger partial charge < -0.3 is 15.3 Å². The van der Waals surface area contributed by atoms with Gasteiger partial charge in [0.1, 0.15) is 0 Å². The minimum atomic E-state index is -1.75. The summed E-state index contributed by atoms with van der Waals surface area (Å²) in [7, 11) is 0. The molecule has 0 aromatic heterocycles. The summed E-state index contributed by atoms with van der Waals surface area (Å²) >= 11 is 0. The van der Waals surface area contributed by atoms with Gasteiger partial charge in [0.05, 0.1) is 12.3 Å². The van der Waals surface area contributed by atoms with E-state index in [0.717, 1.165) is 16.5 Å². The molecular weight excluding hydrogens is 337 g/mol. The number of nitrogens with one attached hydrogen (secondary N) is 1. The molecule has 0 aliphatic carbocycles. The molecule has 25 heavy (non-hydrogen) atoms. The number of benzene rings is 2. The second kappa shape index (κ2) is 8.29. The molecule has 0 heterocycles. The largest absolute Gasteiger partial charge is 0.395 e. The van der Waals surface area contributed by atoms with Gasteiger partial charge in [0, 0.05) is 13.1 Å². The van der Waals surface area contributed by atoms with Crippen LogP contribution in [0.2, 0.25) is 0 Å². The van der Waals surface area contributed by atoms with Crippen molar-refractivity contribution < 1.29 is 27.9 Å². The molecular formula is C17H15F3N2O3. The van der Waals surface area contributed by atoms with E-state index in [1.165, 1.54) is 0 Å². The Balaban J connectivity index is 2.13. The summed E-state index contributed by atoms with van der Waals surface area (Å²) in [4.78, 5) is 25.3. The average Bonchev–Trinajstić information content (AvgIpc) is 2.62. The van der Waals surface area contributed by atoms with Crippen LogP contribution in [0.1, 0.15) is 5.56 Å². The lowest BCUT2D eigenvalue weighted by atomic mass is 10.2. The fourth-order valence-corrected chi connectivity index (χ4v) is 2.12. The molecule has 2 N–H and O–H groups in total. The Kier molecular flexibility index (Phi) is 6.13. The fourth-order valence-electron chi connectivity index (χ4n) is 2.12. The topological polar surface area (TPSA) is 69.6 Å². The standard InChI is InChI=1S/C17H15F3N2O3/c18-12-6-7-13(15(20)14(12)19)21-16(24)17(25)22(8-9-23)10-11-4-2-1-3-5-11/h1-7,23H,8-10H2,(H,21,24). The molecule has 0 bridgehead atoms. The Morgan fingerprint density at radius 1 is 1.00 bits per heavy atom. The van der Waals surface area contributed by atoms with Gasteiger partial charge in [-0.05, 0) is 17.7 Å². The number of carbonyl (C=O) groups excluding carboxylic acids is 2. The quantitative estimate of drug-likeness (QED) is 0.639. The average molecular weight is 352 g/mol. The summed E-state index contributed by atoms with van der Waals surface area (Å²) in [5.41, 5.74) is 0.0667. The number of anilines is 1. The summed E-state index contributed by atoms with van der Waals surface area (Å²) in [6, 6.07) is 10.2. The first-order valence-corrected chi connectivity index (χ1v) is 7.32. The number of halogens is 3. The molecule has 0 saturated carbocycles. The van der Waals surface area contributed by atoms with Crippen molar-refractivity contribution in [2.75, 3.05) is 18.5 Å². The summed E-state index contributed by atoms with van der Waals surface area (Å²) in [5.74, 6) is -7.02. The minimum Gasteiger partial charge on any atom is -0.395 e. The first kappa shape index (κ1) is 18.5. The maximum atomic E-state index is 13.6. The number of aliphatic hydroxyl groups is 1. The fraction of sp³-hybridized carbons (Fsp3) is 0.176. The van der Waals surface area contributed by atoms with E-state index in [1.54, 1.807) is 30.3 Å². The molecule has 2 amide bonds. The number of hydrogen-bond donors (Lipinski definition) is 2. The maximum absolute atomic E-state index is 13.6. The van der Waals surface area contributed by atoms with Crippen molar-refractivity contribution in [1.29, 1.82) is 0 Å². The van der Waals surface area contributed by atoms with Crippen molar-refractivity contribution in [1.82, 2.24) is 4.90 Å². The number of aliphatic hydroxyl groups excluding tert-OH is 1. The highest BCUT2D eigenvalue weighted by Crippen LogP contribution is 2.19. The third-order valence-corrected chi connectivity index (χ3v) is 3.35. The van der Waals surface area contributed by atoms with Crippen molar-refractivity contribution in [2.24, 2.45) is 0 Å². The van der Waals surface area contributed by atoms with Gasteiger partial charge in [0.15, 0.2) is 17.5 Å². The molecule has 0 atom stereocenters. The molecule has 0 unspecified atom stereocenters. The molecule has 2 aromatic carbocycles. The van der Waals surface area contributed by atoms with E-state index in [2.05, 4.69) is 0 Å². The summed E-state index contributed by atoms with van der Waals surface area (Å²) in [6.07, 6.45) is 0. The van der Waals surface area contributed by atoms with Crippen LogP contribution >= 0.6 is 0 Å². The molecule has 0 saturated heterocycles. The summed E-state index contributed by atoms with van der Waals surface area (Å²) in [5, 5.41) is 11.0. The number of nitrogens with zero attached hydrogens (tertiary/aromatic N) is 1. The first-order valence-electron chi connectivity index (χ1n) is 7.32. The number of rotatable bonds is 5. The van der Waals surface area contributed by atoms with Crippen LogP contribution in [-0.4, -0.2) is 35.0 Å². The van der Waals surface area contributed by atoms with Gasteiger partial charge in [-0.15, -0.1) is 0 Å². The maximum Gasteiger partial charge on any atom is 0.313 e. The van der Waals surface area contributed by atoms with Crippen LogP contribution in [-0.2, 0) is 16.1 Å². The number of amides is 2. The van der Waals surface area contributed by atoms with E-state index < -0.39 is 35.0 Å². The van der Waals surface area contributed by atoms with Gasteiger partial charge in [-0.3, -0.25) is 9.59 Å².